The van der Waals surface area contributed by atoms with Crippen molar-refractivity contribution in [2.45, 2.75) is 6.54 Å². The van der Waals surface area contributed by atoms with Crippen LogP contribution in [0, 0.1) is 5.82 Å². The van der Waals surface area contributed by atoms with E-state index in [1.54, 1.807) is 42.3 Å². The van der Waals surface area contributed by atoms with Crippen LogP contribution in [0.1, 0.15) is 16.1 Å². The highest BCUT2D eigenvalue weighted by atomic mass is 19.1. The van der Waals surface area contributed by atoms with E-state index in [0.717, 1.165) is 11.1 Å². The van der Waals surface area contributed by atoms with Crippen LogP contribution in [0.5, 0.6) is 5.75 Å². The second-order valence-corrected chi connectivity index (χ2v) is 6.38. The Labute approximate surface area is 166 Å². The van der Waals surface area contributed by atoms with Crippen molar-refractivity contribution in [3.63, 3.8) is 0 Å². The molecular weight excluding hydrogens is 373 g/mol. The van der Waals surface area contributed by atoms with Gasteiger partial charge >= 0.3 is 0 Å². The molecule has 0 saturated heterocycles. The van der Waals surface area contributed by atoms with Crippen molar-refractivity contribution in [1.82, 2.24) is 20.0 Å². The van der Waals surface area contributed by atoms with Crippen molar-refractivity contribution >= 4 is 11.7 Å². The first kappa shape index (κ1) is 18.4. The van der Waals surface area contributed by atoms with E-state index < -0.39 is 0 Å². The smallest absolute Gasteiger partial charge is 0.274 e. The molecule has 0 aliphatic rings. The lowest BCUT2D eigenvalue weighted by Crippen LogP contribution is -2.13. The third-order valence-corrected chi connectivity index (χ3v) is 4.33. The molecule has 0 fully saturated rings. The van der Waals surface area contributed by atoms with E-state index in [9.17, 15) is 9.18 Å². The summed E-state index contributed by atoms with van der Waals surface area (Å²) in [6.07, 6.45) is 1.74. The number of hydrogen-bond acceptors (Lipinski definition) is 4. The fourth-order valence-electron chi connectivity index (χ4n) is 2.85. The Morgan fingerprint density at radius 2 is 2.00 bits per heavy atom. The zero-order chi connectivity index (χ0) is 20.2. The van der Waals surface area contributed by atoms with Gasteiger partial charge in [-0.1, -0.05) is 24.3 Å². The van der Waals surface area contributed by atoms with Gasteiger partial charge in [-0.3, -0.25) is 14.6 Å². The fourth-order valence-corrected chi connectivity index (χ4v) is 2.85. The summed E-state index contributed by atoms with van der Waals surface area (Å²) in [4.78, 5) is 12.5. The van der Waals surface area contributed by atoms with Crippen LogP contribution in [-0.4, -0.2) is 33.0 Å². The van der Waals surface area contributed by atoms with Gasteiger partial charge < -0.3 is 10.1 Å². The molecule has 29 heavy (non-hydrogen) atoms. The molecule has 4 rings (SSSR count). The fraction of sp³-hybridized carbons (Fsp3) is 0.0952. The number of halogens is 1. The topological polar surface area (TPSA) is 84.8 Å². The summed E-state index contributed by atoms with van der Waals surface area (Å²) in [5, 5.41) is 14.0. The molecular formula is C21H18FN5O2. The largest absolute Gasteiger partial charge is 0.497 e. The molecule has 0 saturated carbocycles. The number of methoxy groups -OCH3 is 1. The molecule has 2 N–H and O–H groups in total. The van der Waals surface area contributed by atoms with Crippen LogP contribution in [-0.2, 0) is 6.54 Å². The van der Waals surface area contributed by atoms with Crippen molar-refractivity contribution in [2.24, 2.45) is 0 Å². The van der Waals surface area contributed by atoms with E-state index in [1.165, 1.54) is 12.1 Å². The molecule has 146 valence electrons. The number of carbonyl (C=O) groups excluding carboxylic acids is 1. The number of amides is 1. The van der Waals surface area contributed by atoms with Crippen molar-refractivity contribution in [2.75, 3.05) is 12.4 Å². The van der Waals surface area contributed by atoms with Crippen LogP contribution >= 0.6 is 0 Å². The van der Waals surface area contributed by atoms with Gasteiger partial charge in [0.15, 0.2) is 5.82 Å². The van der Waals surface area contributed by atoms with Gasteiger partial charge in [-0.05, 0) is 35.9 Å². The lowest BCUT2D eigenvalue weighted by atomic mass is 10.1. The molecule has 0 atom stereocenters. The van der Waals surface area contributed by atoms with Gasteiger partial charge in [0.2, 0.25) is 0 Å². The summed E-state index contributed by atoms with van der Waals surface area (Å²) < 4.78 is 19.9. The van der Waals surface area contributed by atoms with Crippen LogP contribution in [0.25, 0.3) is 11.3 Å². The number of carbonyl (C=O) groups is 1. The number of anilines is 1. The second-order valence-electron chi connectivity index (χ2n) is 6.38. The number of benzene rings is 2. The lowest BCUT2D eigenvalue weighted by molar-refractivity contribution is 0.102. The molecule has 2 heterocycles. The van der Waals surface area contributed by atoms with Crippen molar-refractivity contribution < 1.29 is 13.9 Å². The molecule has 0 aliphatic carbocycles. The Hall–Kier alpha value is -3.94. The van der Waals surface area contributed by atoms with E-state index in [2.05, 4.69) is 20.6 Å². The van der Waals surface area contributed by atoms with Gasteiger partial charge in [0, 0.05) is 17.8 Å². The van der Waals surface area contributed by atoms with Crippen LogP contribution < -0.4 is 10.1 Å². The minimum Gasteiger partial charge on any atom is -0.497 e. The Bertz CT molecular complexity index is 1130. The van der Waals surface area contributed by atoms with Crippen LogP contribution in [0.4, 0.5) is 10.2 Å². The predicted octanol–water partition coefficient (Wildman–Crippen LogP) is 3.72. The maximum absolute atomic E-state index is 13.0. The number of hydrogen-bond donors (Lipinski definition) is 2. The summed E-state index contributed by atoms with van der Waals surface area (Å²) in [6, 6.07) is 17.0. The Morgan fingerprint density at radius 1 is 1.17 bits per heavy atom. The zero-order valence-corrected chi connectivity index (χ0v) is 15.6. The van der Waals surface area contributed by atoms with Gasteiger partial charge in [0.1, 0.15) is 17.3 Å². The second kappa shape index (κ2) is 7.97. The molecule has 0 radical (unpaired) electrons. The predicted molar refractivity (Wildman–Crippen MR) is 106 cm³/mol. The van der Waals surface area contributed by atoms with Crippen molar-refractivity contribution in [3.8, 4) is 17.0 Å². The molecule has 4 aromatic rings. The highest BCUT2D eigenvalue weighted by molar-refractivity contribution is 6.02. The van der Waals surface area contributed by atoms with Crippen LogP contribution in [0.15, 0.2) is 66.9 Å². The lowest BCUT2D eigenvalue weighted by Gasteiger charge is -2.02. The molecule has 8 heteroatoms. The number of ether oxygens (including phenoxy) is 1. The molecule has 0 spiro atoms. The van der Waals surface area contributed by atoms with Crippen molar-refractivity contribution in [1.29, 1.82) is 0 Å². The van der Waals surface area contributed by atoms with E-state index >= 15 is 0 Å². The molecule has 2 aromatic carbocycles. The molecule has 0 unspecified atom stereocenters. The minimum atomic E-state index is -0.348. The Kier molecular flexibility index (Phi) is 5.07. The van der Waals surface area contributed by atoms with Gasteiger partial charge in [-0.2, -0.15) is 10.2 Å². The maximum Gasteiger partial charge on any atom is 0.274 e. The maximum atomic E-state index is 13.0. The van der Waals surface area contributed by atoms with Crippen LogP contribution in [0.3, 0.4) is 0 Å². The molecule has 0 bridgehead atoms. The monoisotopic (exact) mass is 391 g/mol. The van der Waals surface area contributed by atoms with Gasteiger partial charge in [0.25, 0.3) is 5.91 Å². The molecule has 1 amide bonds. The summed E-state index contributed by atoms with van der Waals surface area (Å²) in [6.45, 7) is 0.472. The van der Waals surface area contributed by atoms with Gasteiger partial charge in [-0.15, -0.1) is 0 Å². The van der Waals surface area contributed by atoms with E-state index in [0.29, 0.717) is 29.5 Å². The Morgan fingerprint density at radius 3 is 2.79 bits per heavy atom. The molecule has 7 nitrogen and oxygen atoms in total. The minimum absolute atomic E-state index is 0.282. The SMILES string of the molecule is COc1cccc(-c2cc(C(=O)Nc3ccn(Cc4ccc(F)cc4)n3)[nH]n2)c1. The highest BCUT2D eigenvalue weighted by Gasteiger charge is 2.13. The number of nitrogens with zero attached hydrogens (tertiary/aromatic N) is 3. The number of nitrogens with one attached hydrogen (secondary N) is 2. The number of H-pyrrole nitrogens is 1. The normalized spacial score (nSPS) is 10.7. The summed E-state index contributed by atoms with van der Waals surface area (Å²) in [7, 11) is 1.59. The number of rotatable bonds is 6. The van der Waals surface area contributed by atoms with Crippen molar-refractivity contribution in [3.05, 3.63) is 83.9 Å². The standard InChI is InChI=1S/C21H18FN5O2/c1-29-17-4-2-3-15(11-17)18-12-19(25-24-18)21(28)23-20-9-10-27(26-20)13-14-5-7-16(22)8-6-14/h2-12H,13H2,1H3,(H,24,25)(H,23,26,28). The average Bonchev–Trinajstić information content (AvgIpc) is 3.40. The average molecular weight is 391 g/mol. The number of aromatic nitrogens is 4. The quantitative estimate of drug-likeness (QED) is 0.525. The van der Waals surface area contributed by atoms with E-state index in [1.807, 2.05) is 24.3 Å². The summed E-state index contributed by atoms with van der Waals surface area (Å²) in [5.41, 5.74) is 2.69. The summed E-state index contributed by atoms with van der Waals surface area (Å²) in [5.74, 6) is 0.492. The number of aromatic amines is 1. The van der Waals surface area contributed by atoms with Crippen LogP contribution in [0.2, 0.25) is 0 Å². The first-order valence-electron chi connectivity index (χ1n) is 8.90. The summed E-state index contributed by atoms with van der Waals surface area (Å²) >= 11 is 0. The third kappa shape index (κ3) is 4.32. The van der Waals surface area contributed by atoms with E-state index in [4.69, 9.17) is 4.74 Å². The molecule has 2 aromatic heterocycles. The third-order valence-electron chi connectivity index (χ3n) is 4.33. The van der Waals surface area contributed by atoms with Gasteiger partial charge in [-0.25, -0.2) is 4.39 Å². The first-order chi connectivity index (χ1) is 14.1. The highest BCUT2D eigenvalue weighted by Crippen LogP contribution is 2.22. The van der Waals surface area contributed by atoms with E-state index in [-0.39, 0.29) is 11.7 Å². The van der Waals surface area contributed by atoms with Gasteiger partial charge in [0.05, 0.1) is 19.3 Å². The molecule has 0 aliphatic heterocycles. The Balaban J connectivity index is 1.43. The first-order valence-corrected chi connectivity index (χ1v) is 8.90. The zero-order valence-electron chi connectivity index (χ0n) is 15.6.